The van der Waals surface area contributed by atoms with Gasteiger partial charge in [-0.25, -0.2) is 0 Å². The van der Waals surface area contributed by atoms with E-state index in [0.29, 0.717) is 22.0 Å². The van der Waals surface area contributed by atoms with Crippen LogP contribution in [0.1, 0.15) is 43.2 Å². The zero-order valence-corrected chi connectivity index (χ0v) is 21.5. The van der Waals surface area contributed by atoms with Gasteiger partial charge in [-0.05, 0) is 60.9 Å². The molecule has 37 heavy (non-hydrogen) atoms. The van der Waals surface area contributed by atoms with Crippen LogP contribution >= 0.6 is 11.6 Å². The average molecular weight is 516 g/mol. The first-order valence-electron chi connectivity index (χ1n) is 12.4. The van der Waals surface area contributed by atoms with Gasteiger partial charge in [0.1, 0.15) is 5.75 Å². The fourth-order valence-electron chi connectivity index (χ4n) is 4.20. The number of hydrazone groups is 1. The topological polar surface area (TPSA) is 71.0 Å². The highest BCUT2D eigenvalue weighted by molar-refractivity contribution is 6.46. The predicted molar refractivity (Wildman–Crippen MR) is 149 cm³/mol. The van der Waals surface area contributed by atoms with Crippen molar-refractivity contribution in [2.24, 2.45) is 5.10 Å². The average Bonchev–Trinajstić information content (AvgIpc) is 2.94. The number of ether oxygens (including phenoxy) is 1. The molecule has 3 aromatic carbocycles. The molecule has 7 heteroatoms. The molecule has 0 atom stereocenters. The molecule has 0 aromatic heterocycles. The van der Waals surface area contributed by atoms with E-state index in [-0.39, 0.29) is 17.7 Å². The van der Waals surface area contributed by atoms with Crippen molar-refractivity contribution in [2.75, 3.05) is 12.1 Å². The third-order valence-corrected chi connectivity index (χ3v) is 6.47. The molecule has 0 radical (unpaired) electrons. The molecular formula is C30H30ClN3O3. The number of nitrogens with zero attached hydrogens (tertiary/aromatic N) is 2. The molecule has 0 spiro atoms. The number of methoxy groups -OCH3 is 1. The van der Waals surface area contributed by atoms with Gasteiger partial charge in [-0.15, -0.1) is 0 Å². The lowest BCUT2D eigenvalue weighted by molar-refractivity contribution is -0.115. The van der Waals surface area contributed by atoms with Crippen LogP contribution in [0.15, 0.2) is 90.0 Å². The number of carbonyl (C=O) groups excluding carboxylic acids is 2. The van der Waals surface area contributed by atoms with Crippen LogP contribution in [0.5, 0.6) is 5.75 Å². The number of rotatable bonds is 8. The third kappa shape index (κ3) is 7.30. The highest BCUT2D eigenvalue weighted by Crippen LogP contribution is 2.22. The van der Waals surface area contributed by atoms with Crippen LogP contribution in [0.3, 0.4) is 0 Å². The van der Waals surface area contributed by atoms with Gasteiger partial charge in [0.15, 0.2) is 5.71 Å². The minimum atomic E-state index is -0.397. The lowest BCUT2D eigenvalue weighted by Gasteiger charge is -2.24. The number of anilines is 1. The molecule has 1 saturated carbocycles. The van der Waals surface area contributed by atoms with E-state index in [9.17, 15) is 9.59 Å². The molecular weight excluding hydrogens is 486 g/mol. The zero-order chi connectivity index (χ0) is 26.0. The number of nitrogens with one attached hydrogen (secondary N) is 1. The summed E-state index contributed by atoms with van der Waals surface area (Å²) in [5, 5.41) is 9.54. The molecule has 0 heterocycles. The van der Waals surface area contributed by atoms with E-state index in [4.69, 9.17) is 16.3 Å². The fraction of sp³-hybridized carbons (Fsp3) is 0.233. The number of amides is 2. The van der Waals surface area contributed by atoms with Crippen molar-refractivity contribution in [3.05, 3.63) is 101 Å². The van der Waals surface area contributed by atoms with Crippen LogP contribution in [0.2, 0.25) is 5.02 Å². The van der Waals surface area contributed by atoms with Gasteiger partial charge in [0.2, 0.25) is 0 Å². The molecule has 1 aliphatic carbocycles. The van der Waals surface area contributed by atoms with Gasteiger partial charge < -0.3 is 10.1 Å². The first-order valence-corrected chi connectivity index (χ1v) is 12.8. The Morgan fingerprint density at radius 3 is 2.27 bits per heavy atom. The van der Waals surface area contributed by atoms with Gasteiger partial charge in [-0.1, -0.05) is 73.3 Å². The molecule has 4 rings (SSSR count). The Balaban J connectivity index is 1.73. The van der Waals surface area contributed by atoms with E-state index in [1.165, 1.54) is 17.5 Å². The molecule has 1 N–H and O–H groups in total. The number of benzene rings is 3. The Kier molecular flexibility index (Phi) is 9.11. The summed E-state index contributed by atoms with van der Waals surface area (Å²) < 4.78 is 5.27. The maximum atomic E-state index is 13.5. The summed E-state index contributed by atoms with van der Waals surface area (Å²) in [6, 6.07) is 23.4. The van der Waals surface area contributed by atoms with Crippen molar-refractivity contribution in [3.8, 4) is 5.75 Å². The molecule has 0 bridgehead atoms. The van der Waals surface area contributed by atoms with Crippen molar-refractivity contribution >= 4 is 40.9 Å². The fourth-order valence-corrected chi connectivity index (χ4v) is 4.33. The monoisotopic (exact) mass is 515 g/mol. The van der Waals surface area contributed by atoms with Crippen LogP contribution in [0, 0.1) is 0 Å². The molecule has 3 aromatic rings. The van der Waals surface area contributed by atoms with Crippen LogP contribution in [0.4, 0.5) is 5.69 Å². The molecule has 2 amide bonds. The molecule has 0 aliphatic heterocycles. The largest absolute Gasteiger partial charge is 0.497 e. The molecule has 190 valence electrons. The highest BCUT2D eigenvalue weighted by Gasteiger charge is 2.23. The van der Waals surface area contributed by atoms with Crippen molar-refractivity contribution in [1.82, 2.24) is 5.32 Å². The second-order valence-corrected chi connectivity index (χ2v) is 9.29. The summed E-state index contributed by atoms with van der Waals surface area (Å²) in [5.41, 5.74) is 2.08. The van der Waals surface area contributed by atoms with E-state index in [1.54, 1.807) is 61.7 Å². The minimum Gasteiger partial charge on any atom is -0.497 e. The SMILES string of the molecule is COc1ccc(N(/N=C(\C(=O)NC2CCCCC2)c2ccc(Cl)cc2)C(=O)/C=C/c2ccccc2)cc1. The Morgan fingerprint density at radius 2 is 1.62 bits per heavy atom. The highest BCUT2D eigenvalue weighted by atomic mass is 35.5. The molecule has 1 aliphatic rings. The van der Waals surface area contributed by atoms with Crippen LogP contribution in [-0.4, -0.2) is 30.7 Å². The maximum Gasteiger partial charge on any atom is 0.272 e. The van der Waals surface area contributed by atoms with E-state index in [0.717, 1.165) is 31.2 Å². The summed E-state index contributed by atoms with van der Waals surface area (Å²) >= 11 is 6.11. The van der Waals surface area contributed by atoms with Gasteiger partial charge in [-0.3, -0.25) is 9.59 Å². The smallest absolute Gasteiger partial charge is 0.272 e. The summed E-state index contributed by atoms with van der Waals surface area (Å²) in [5.74, 6) is -0.0774. The second kappa shape index (κ2) is 12.9. The van der Waals surface area contributed by atoms with Gasteiger partial charge in [-0.2, -0.15) is 10.1 Å². The predicted octanol–water partition coefficient (Wildman–Crippen LogP) is 6.25. The molecule has 6 nitrogen and oxygen atoms in total. The van der Waals surface area contributed by atoms with Gasteiger partial charge in [0.05, 0.1) is 12.8 Å². The van der Waals surface area contributed by atoms with E-state index < -0.39 is 5.91 Å². The van der Waals surface area contributed by atoms with Gasteiger partial charge in [0, 0.05) is 22.7 Å². The quantitative estimate of drug-likeness (QED) is 0.219. The Hall–Kier alpha value is -3.90. The van der Waals surface area contributed by atoms with Crippen LogP contribution in [-0.2, 0) is 9.59 Å². The Bertz CT molecular complexity index is 1250. The van der Waals surface area contributed by atoms with Crippen LogP contribution in [0.25, 0.3) is 6.08 Å². The lowest BCUT2D eigenvalue weighted by Crippen LogP contribution is -2.42. The number of carbonyl (C=O) groups is 2. The first kappa shape index (κ1) is 26.2. The van der Waals surface area contributed by atoms with Crippen LogP contribution < -0.4 is 15.1 Å². The van der Waals surface area contributed by atoms with Crippen molar-refractivity contribution in [3.63, 3.8) is 0 Å². The Labute approximate surface area is 222 Å². The van der Waals surface area contributed by atoms with Crippen molar-refractivity contribution in [1.29, 1.82) is 0 Å². The van der Waals surface area contributed by atoms with E-state index >= 15 is 0 Å². The minimum absolute atomic E-state index is 0.0851. The standard InChI is InChI=1S/C30H30ClN3O3/c1-37-27-19-17-26(18-20-27)34(28(35)21-12-22-8-4-2-5-9-22)33-29(23-13-15-24(31)16-14-23)30(36)32-25-10-6-3-7-11-25/h2,4-5,8-9,12-21,25H,3,6-7,10-11H2,1H3,(H,32,36)/b21-12+,33-29-. The summed E-state index contributed by atoms with van der Waals surface area (Å²) in [6.07, 6.45) is 8.37. The van der Waals surface area contributed by atoms with Gasteiger partial charge >= 0.3 is 0 Å². The normalized spacial score (nSPS) is 14.4. The van der Waals surface area contributed by atoms with Gasteiger partial charge in [0.25, 0.3) is 11.8 Å². The Morgan fingerprint density at radius 1 is 0.946 bits per heavy atom. The van der Waals surface area contributed by atoms with E-state index in [1.807, 2.05) is 30.3 Å². The second-order valence-electron chi connectivity index (χ2n) is 8.86. The van der Waals surface area contributed by atoms with Crippen molar-refractivity contribution < 1.29 is 14.3 Å². The number of hydrogen-bond acceptors (Lipinski definition) is 4. The molecule has 0 saturated heterocycles. The summed E-state index contributed by atoms with van der Waals surface area (Å²) in [6.45, 7) is 0. The maximum absolute atomic E-state index is 13.5. The first-order chi connectivity index (χ1) is 18.0. The van der Waals surface area contributed by atoms with E-state index in [2.05, 4.69) is 10.4 Å². The zero-order valence-electron chi connectivity index (χ0n) is 20.8. The lowest BCUT2D eigenvalue weighted by atomic mass is 9.95. The van der Waals surface area contributed by atoms with Crippen molar-refractivity contribution in [2.45, 2.75) is 38.1 Å². The molecule has 0 unspecified atom stereocenters. The summed E-state index contributed by atoms with van der Waals surface area (Å²) in [7, 11) is 1.58. The molecule has 1 fully saturated rings. The third-order valence-electron chi connectivity index (χ3n) is 6.22. The number of hydrogen-bond donors (Lipinski definition) is 1. The summed E-state index contributed by atoms with van der Waals surface area (Å²) in [4.78, 5) is 27.0. The number of halogens is 1.